The second kappa shape index (κ2) is 8.53. The van der Waals surface area contributed by atoms with Crippen LogP contribution in [-0.4, -0.2) is 15.2 Å². The van der Waals surface area contributed by atoms with Gasteiger partial charge in [-0.15, -0.1) is 0 Å². The average Bonchev–Trinajstić information content (AvgIpc) is 2.64. The van der Waals surface area contributed by atoms with Crippen LogP contribution in [0.3, 0.4) is 0 Å². The Bertz CT molecular complexity index is 860. The first-order chi connectivity index (χ1) is 13.7. The third kappa shape index (κ3) is 4.39. The molecule has 1 aromatic carbocycles. The molecule has 0 bridgehead atoms. The molecular weight excluding hydrogens is 365 g/mol. The molecule has 0 saturated carbocycles. The highest BCUT2D eigenvalue weighted by atomic mass is 19.1. The Kier molecular flexibility index (Phi) is 6.45. The van der Waals surface area contributed by atoms with Crippen LogP contribution in [0.25, 0.3) is 0 Å². The zero-order valence-corrected chi connectivity index (χ0v) is 18.3. The van der Waals surface area contributed by atoms with Crippen molar-refractivity contribution in [2.45, 2.75) is 84.8 Å². The maximum Gasteiger partial charge on any atom is 0.123 e. The summed E-state index contributed by atoms with van der Waals surface area (Å²) in [4.78, 5) is 5.08. The minimum Gasteiger partial charge on any atom is -0.388 e. The van der Waals surface area contributed by atoms with Crippen LogP contribution >= 0.6 is 0 Å². The van der Waals surface area contributed by atoms with E-state index in [0.29, 0.717) is 12.0 Å². The van der Waals surface area contributed by atoms with Gasteiger partial charge in [0.05, 0.1) is 11.8 Å². The van der Waals surface area contributed by atoms with Crippen molar-refractivity contribution in [3.8, 4) is 0 Å². The van der Waals surface area contributed by atoms with Gasteiger partial charge in [-0.1, -0.05) is 46.2 Å². The summed E-state index contributed by atoms with van der Waals surface area (Å²) in [5.74, 6) is -0.0761. The highest BCUT2D eigenvalue weighted by Crippen LogP contribution is 2.45. The molecule has 2 N–H and O–H groups in total. The van der Waals surface area contributed by atoms with Gasteiger partial charge in [-0.3, -0.25) is 4.98 Å². The molecule has 3 atom stereocenters. The highest BCUT2D eigenvalue weighted by molar-refractivity contribution is 5.47. The van der Waals surface area contributed by atoms with Crippen molar-refractivity contribution in [1.29, 1.82) is 0 Å². The molecule has 0 radical (unpaired) electrons. The summed E-state index contributed by atoms with van der Waals surface area (Å²) in [5.41, 5.74) is 5.13. The zero-order valence-electron chi connectivity index (χ0n) is 18.3. The minimum atomic E-state index is -0.892. The van der Waals surface area contributed by atoms with Gasteiger partial charge in [-0.2, -0.15) is 0 Å². The fourth-order valence-corrected chi connectivity index (χ4v) is 4.90. The summed E-state index contributed by atoms with van der Waals surface area (Å²) < 4.78 is 13.4. The van der Waals surface area contributed by atoms with Crippen LogP contribution in [0.5, 0.6) is 0 Å². The second-order valence-electron chi connectivity index (χ2n) is 9.30. The van der Waals surface area contributed by atoms with Gasteiger partial charge in [0.15, 0.2) is 0 Å². The molecule has 3 rings (SSSR count). The first-order valence-electron chi connectivity index (χ1n) is 10.8. The van der Waals surface area contributed by atoms with Crippen molar-refractivity contribution in [1.82, 2.24) is 4.98 Å². The number of pyridine rings is 1. The van der Waals surface area contributed by atoms with E-state index in [2.05, 4.69) is 27.7 Å². The molecule has 1 heterocycles. The molecule has 3 unspecified atom stereocenters. The molecule has 29 heavy (non-hydrogen) atoms. The molecule has 3 nitrogen and oxygen atoms in total. The second-order valence-corrected chi connectivity index (χ2v) is 9.30. The minimum absolute atomic E-state index is 0.00726. The van der Waals surface area contributed by atoms with E-state index in [9.17, 15) is 14.6 Å². The lowest BCUT2D eigenvalue weighted by atomic mass is 9.72. The summed E-state index contributed by atoms with van der Waals surface area (Å²) >= 11 is 0. The van der Waals surface area contributed by atoms with Crippen LogP contribution < -0.4 is 0 Å². The Hall–Kier alpha value is -1.78. The molecule has 0 saturated heterocycles. The van der Waals surface area contributed by atoms with Gasteiger partial charge in [0.1, 0.15) is 11.9 Å². The fraction of sp³-hybridized carbons (Fsp3) is 0.560. The Morgan fingerprint density at radius 1 is 1.21 bits per heavy atom. The van der Waals surface area contributed by atoms with Crippen LogP contribution in [0.1, 0.15) is 105 Å². The molecule has 0 amide bonds. The number of aliphatic hydroxyl groups is 2. The quantitative estimate of drug-likeness (QED) is 0.635. The third-order valence-electron chi connectivity index (χ3n) is 6.35. The van der Waals surface area contributed by atoms with Gasteiger partial charge in [0.2, 0.25) is 0 Å². The van der Waals surface area contributed by atoms with E-state index in [0.717, 1.165) is 53.8 Å². The molecule has 1 aromatic heterocycles. The van der Waals surface area contributed by atoms with E-state index in [1.807, 2.05) is 6.92 Å². The van der Waals surface area contributed by atoms with E-state index in [1.165, 1.54) is 12.1 Å². The molecular formula is C25H34FNO2. The smallest absolute Gasteiger partial charge is 0.123 e. The molecule has 0 fully saturated rings. The highest BCUT2D eigenvalue weighted by Gasteiger charge is 2.36. The Balaban J connectivity index is 2.22. The summed E-state index contributed by atoms with van der Waals surface area (Å²) in [6.45, 7) is 10.6. The van der Waals surface area contributed by atoms with Crippen molar-refractivity contribution in [3.63, 3.8) is 0 Å². The number of hydrogen-bond donors (Lipinski definition) is 2. The van der Waals surface area contributed by atoms with Gasteiger partial charge >= 0.3 is 0 Å². The number of benzene rings is 1. The number of nitrogens with zero attached hydrogens (tertiary/aromatic N) is 1. The van der Waals surface area contributed by atoms with Crippen molar-refractivity contribution >= 4 is 0 Å². The number of halogens is 1. The van der Waals surface area contributed by atoms with Crippen LogP contribution in [-0.2, 0) is 6.42 Å². The van der Waals surface area contributed by atoms with Crippen molar-refractivity contribution < 1.29 is 14.6 Å². The predicted molar refractivity (Wildman–Crippen MR) is 114 cm³/mol. The summed E-state index contributed by atoms with van der Waals surface area (Å²) in [6, 6.07) is 6.01. The molecule has 0 aliphatic heterocycles. The van der Waals surface area contributed by atoms with E-state index in [4.69, 9.17) is 4.98 Å². The van der Waals surface area contributed by atoms with Crippen LogP contribution in [0.4, 0.5) is 4.39 Å². The lowest BCUT2D eigenvalue weighted by molar-refractivity contribution is 0.0967. The van der Waals surface area contributed by atoms with Crippen molar-refractivity contribution in [2.75, 3.05) is 0 Å². The number of aliphatic hydroxyl groups excluding tert-OH is 2. The molecule has 158 valence electrons. The fourth-order valence-electron chi connectivity index (χ4n) is 4.90. The van der Waals surface area contributed by atoms with E-state index < -0.39 is 12.2 Å². The average molecular weight is 400 g/mol. The van der Waals surface area contributed by atoms with E-state index in [1.54, 1.807) is 12.1 Å². The van der Waals surface area contributed by atoms with Crippen LogP contribution in [0.2, 0.25) is 0 Å². The molecule has 1 aliphatic rings. The zero-order chi connectivity index (χ0) is 21.3. The largest absolute Gasteiger partial charge is 0.388 e. The molecule has 1 aliphatic carbocycles. The lowest BCUT2D eigenvalue weighted by Crippen LogP contribution is -2.29. The predicted octanol–water partition coefficient (Wildman–Crippen LogP) is 5.91. The summed E-state index contributed by atoms with van der Waals surface area (Å²) in [7, 11) is 0. The maximum atomic E-state index is 13.4. The van der Waals surface area contributed by atoms with E-state index >= 15 is 0 Å². The van der Waals surface area contributed by atoms with Crippen molar-refractivity contribution in [2.24, 2.45) is 5.41 Å². The lowest BCUT2D eigenvalue weighted by Gasteiger charge is -2.37. The monoisotopic (exact) mass is 399 g/mol. The Morgan fingerprint density at radius 3 is 2.45 bits per heavy atom. The topological polar surface area (TPSA) is 53.4 Å². The molecule has 0 spiro atoms. The Morgan fingerprint density at radius 2 is 1.86 bits per heavy atom. The van der Waals surface area contributed by atoms with Gasteiger partial charge in [0.25, 0.3) is 0 Å². The Labute approximate surface area is 174 Å². The summed E-state index contributed by atoms with van der Waals surface area (Å²) in [5, 5.41) is 22.2. The normalized spacial score (nSPS) is 20.2. The number of aromatic nitrogens is 1. The molecule has 4 heteroatoms. The van der Waals surface area contributed by atoms with Crippen LogP contribution in [0.15, 0.2) is 24.3 Å². The number of rotatable bonds is 6. The van der Waals surface area contributed by atoms with Crippen LogP contribution in [0, 0.1) is 18.2 Å². The number of hydrogen-bond acceptors (Lipinski definition) is 3. The van der Waals surface area contributed by atoms with Gasteiger partial charge < -0.3 is 10.2 Å². The summed E-state index contributed by atoms with van der Waals surface area (Å²) in [6.07, 6.45) is 3.00. The van der Waals surface area contributed by atoms with Crippen molar-refractivity contribution in [3.05, 3.63) is 63.7 Å². The SMILES string of the molecule is CCCC(CC)c1nc2c(c(C)c1C(O)c1ccc(F)cc1)C(O)CC(C)(C)C2. The van der Waals surface area contributed by atoms with Gasteiger partial charge in [-0.25, -0.2) is 4.39 Å². The first kappa shape index (κ1) is 21.9. The maximum absolute atomic E-state index is 13.4. The van der Waals surface area contributed by atoms with Gasteiger partial charge in [0, 0.05) is 22.7 Å². The van der Waals surface area contributed by atoms with E-state index in [-0.39, 0.29) is 17.2 Å². The molecule has 2 aromatic rings. The number of fused-ring (bicyclic) bond motifs is 1. The van der Waals surface area contributed by atoms with Gasteiger partial charge in [-0.05, 0) is 61.3 Å². The standard InChI is InChI=1S/C25H34FNO2/c1-6-8-16(7-2)23-22(24(29)17-9-11-18(26)12-10-17)15(3)21-19(27-23)13-25(4,5)14-20(21)28/h9-12,16,20,24,28-29H,6-8,13-14H2,1-5H3. The third-order valence-corrected chi connectivity index (χ3v) is 6.35. The first-order valence-corrected chi connectivity index (χ1v) is 10.8.